The second kappa shape index (κ2) is 9.33. The van der Waals surface area contributed by atoms with Gasteiger partial charge in [0.1, 0.15) is 0 Å². The lowest BCUT2D eigenvalue weighted by Gasteiger charge is -2.23. The standard InChI is InChI=1S/C25H31N3O2/c1-18(19-9-3-2-4-10-19)26-25(30)22-17-21(27-24(29)20-11-5-6-12-20)13-14-23(22)28-15-7-8-16-28/h2-4,9-10,13-14,17-18,20H,5-8,11-12,15-16H2,1H3,(H,26,30)(H,27,29). The zero-order valence-electron chi connectivity index (χ0n) is 17.7. The van der Waals surface area contributed by atoms with Crippen molar-refractivity contribution in [3.8, 4) is 0 Å². The maximum atomic E-state index is 13.2. The van der Waals surface area contributed by atoms with E-state index in [9.17, 15) is 9.59 Å². The van der Waals surface area contributed by atoms with Gasteiger partial charge in [0.15, 0.2) is 0 Å². The van der Waals surface area contributed by atoms with E-state index in [0.29, 0.717) is 11.3 Å². The van der Waals surface area contributed by atoms with Crippen LogP contribution in [0.5, 0.6) is 0 Å². The summed E-state index contributed by atoms with van der Waals surface area (Å²) in [5.74, 6) is 0.0642. The minimum absolute atomic E-state index is 0.0745. The summed E-state index contributed by atoms with van der Waals surface area (Å²) in [5, 5.41) is 6.18. The van der Waals surface area contributed by atoms with Crippen molar-refractivity contribution >= 4 is 23.2 Å². The number of nitrogens with one attached hydrogen (secondary N) is 2. The first-order valence-corrected chi connectivity index (χ1v) is 11.2. The van der Waals surface area contributed by atoms with Crippen molar-refractivity contribution in [2.45, 2.75) is 51.5 Å². The molecule has 5 heteroatoms. The molecule has 158 valence electrons. The molecule has 0 radical (unpaired) electrons. The van der Waals surface area contributed by atoms with Crippen molar-refractivity contribution in [1.82, 2.24) is 5.32 Å². The topological polar surface area (TPSA) is 61.4 Å². The van der Waals surface area contributed by atoms with Gasteiger partial charge in [-0.15, -0.1) is 0 Å². The lowest BCUT2D eigenvalue weighted by molar-refractivity contribution is -0.119. The van der Waals surface area contributed by atoms with Crippen molar-refractivity contribution in [3.05, 3.63) is 59.7 Å². The SMILES string of the molecule is CC(NC(=O)c1cc(NC(=O)C2CCCC2)ccc1N1CCCC1)c1ccccc1. The van der Waals surface area contributed by atoms with Gasteiger partial charge in [-0.05, 0) is 56.4 Å². The summed E-state index contributed by atoms with van der Waals surface area (Å²) >= 11 is 0. The molecule has 1 atom stereocenters. The third-order valence-corrected chi connectivity index (χ3v) is 6.33. The molecule has 1 heterocycles. The van der Waals surface area contributed by atoms with E-state index in [4.69, 9.17) is 0 Å². The van der Waals surface area contributed by atoms with Crippen LogP contribution in [0.1, 0.15) is 67.4 Å². The van der Waals surface area contributed by atoms with Crippen LogP contribution in [-0.2, 0) is 4.79 Å². The fourth-order valence-corrected chi connectivity index (χ4v) is 4.56. The molecule has 5 nitrogen and oxygen atoms in total. The molecule has 2 aliphatic rings. The molecular formula is C25H31N3O2. The minimum Gasteiger partial charge on any atom is -0.371 e. The number of benzene rings is 2. The average Bonchev–Trinajstić information content (AvgIpc) is 3.48. The van der Waals surface area contributed by atoms with Gasteiger partial charge in [0.25, 0.3) is 5.91 Å². The van der Waals surface area contributed by atoms with Gasteiger partial charge in [-0.1, -0.05) is 43.2 Å². The monoisotopic (exact) mass is 405 g/mol. The fraction of sp³-hybridized carbons (Fsp3) is 0.440. The molecule has 1 saturated heterocycles. The molecular weight excluding hydrogens is 374 g/mol. The quantitative estimate of drug-likeness (QED) is 0.718. The van der Waals surface area contributed by atoms with E-state index in [2.05, 4.69) is 15.5 Å². The van der Waals surface area contributed by atoms with Crippen LogP contribution >= 0.6 is 0 Å². The Bertz CT molecular complexity index is 885. The predicted molar refractivity (Wildman–Crippen MR) is 121 cm³/mol. The molecule has 4 rings (SSSR count). The number of carbonyl (C=O) groups is 2. The Hall–Kier alpha value is -2.82. The molecule has 1 saturated carbocycles. The molecule has 0 bridgehead atoms. The molecule has 2 amide bonds. The molecule has 0 spiro atoms. The second-order valence-corrected chi connectivity index (χ2v) is 8.50. The normalized spacial score (nSPS) is 17.7. The number of hydrogen-bond donors (Lipinski definition) is 2. The Morgan fingerprint density at radius 2 is 1.67 bits per heavy atom. The van der Waals surface area contributed by atoms with Crippen LogP contribution in [-0.4, -0.2) is 24.9 Å². The van der Waals surface area contributed by atoms with Crippen LogP contribution < -0.4 is 15.5 Å². The van der Waals surface area contributed by atoms with Crippen LogP contribution in [0.15, 0.2) is 48.5 Å². The minimum atomic E-state index is -0.106. The summed E-state index contributed by atoms with van der Waals surface area (Å²) in [4.78, 5) is 28.1. The molecule has 2 fully saturated rings. The number of carbonyl (C=O) groups excluding carboxylic acids is 2. The zero-order valence-corrected chi connectivity index (χ0v) is 17.7. The summed E-state index contributed by atoms with van der Waals surface area (Å²) in [6.07, 6.45) is 6.44. The van der Waals surface area contributed by atoms with Crippen LogP contribution in [0.3, 0.4) is 0 Å². The Labute approximate surface area is 178 Å². The highest BCUT2D eigenvalue weighted by Gasteiger charge is 2.25. The highest BCUT2D eigenvalue weighted by Crippen LogP contribution is 2.30. The fourth-order valence-electron chi connectivity index (χ4n) is 4.56. The Morgan fingerprint density at radius 3 is 2.37 bits per heavy atom. The van der Waals surface area contributed by atoms with Crippen molar-refractivity contribution in [2.75, 3.05) is 23.3 Å². The molecule has 1 aliphatic heterocycles. The third kappa shape index (κ3) is 4.66. The number of nitrogens with zero attached hydrogens (tertiary/aromatic N) is 1. The summed E-state index contributed by atoms with van der Waals surface area (Å²) in [6, 6.07) is 15.6. The summed E-state index contributed by atoms with van der Waals surface area (Å²) < 4.78 is 0. The Balaban J connectivity index is 1.56. The largest absolute Gasteiger partial charge is 0.371 e. The lowest BCUT2D eigenvalue weighted by atomic mass is 10.1. The van der Waals surface area contributed by atoms with Crippen molar-refractivity contribution < 1.29 is 9.59 Å². The van der Waals surface area contributed by atoms with Gasteiger partial charge in [-0.25, -0.2) is 0 Å². The van der Waals surface area contributed by atoms with Crippen LogP contribution in [0.25, 0.3) is 0 Å². The van der Waals surface area contributed by atoms with Crippen molar-refractivity contribution in [2.24, 2.45) is 5.92 Å². The predicted octanol–water partition coefficient (Wildman–Crippen LogP) is 4.91. The van der Waals surface area contributed by atoms with Crippen LogP contribution in [0.2, 0.25) is 0 Å². The van der Waals surface area contributed by atoms with Gasteiger partial charge in [0.05, 0.1) is 11.6 Å². The van der Waals surface area contributed by atoms with E-state index < -0.39 is 0 Å². The summed E-state index contributed by atoms with van der Waals surface area (Å²) in [6.45, 7) is 3.92. The van der Waals surface area contributed by atoms with Crippen LogP contribution in [0.4, 0.5) is 11.4 Å². The molecule has 1 aliphatic carbocycles. The average molecular weight is 406 g/mol. The first-order valence-electron chi connectivity index (χ1n) is 11.2. The van der Waals surface area contributed by atoms with E-state index in [1.807, 2.05) is 55.5 Å². The number of amides is 2. The highest BCUT2D eigenvalue weighted by atomic mass is 16.2. The summed E-state index contributed by atoms with van der Waals surface area (Å²) in [7, 11) is 0. The lowest BCUT2D eigenvalue weighted by Crippen LogP contribution is -2.30. The zero-order chi connectivity index (χ0) is 20.9. The van der Waals surface area contributed by atoms with Gasteiger partial charge in [-0.3, -0.25) is 9.59 Å². The van der Waals surface area contributed by atoms with E-state index in [0.717, 1.165) is 62.9 Å². The molecule has 2 N–H and O–H groups in total. The summed E-state index contributed by atoms with van der Waals surface area (Å²) in [5.41, 5.74) is 3.35. The van der Waals surface area contributed by atoms with Gasteiger partial charge in [0.2, 0.25) is 5.91 Å². The third-order valence-electron chi connectivity index (χ3n) is 6.33. The Kier molecular flexibility index (Phi) is 6.36. The van der Waals surface area contributed by atoms with Gasteiger partial charge in [-0.2, -0.15) is 0 Å². The van der Waals surface area contributed by atoms with Gasteiger partial charge in [0, 0.05) is 30.4 Å². The smallest absolute Gasteiger partial charge is 0.253 e. The Morgan fingerprint density at radius 1 is 0.967 bits per heavy atom. The number of hydrogen-bond acceptors (Lipinski definition) is 3. The second-order valence-electron chi connectivity index (χ2n) is 8.50. The molecule has 0 aromatic heterocycles. The molecule has 1 unspecified atom stereocenters. The van der Waals surface area contributed by atoms with E-state index in [-0.39, 0.29) is 23.8 Å². The van der Waals surface area contributed by atoms with E-state index in [1.54, 1.807) is 0 Å². The molecule has 2 aromatic carbocycles. The van der Waals surface area contributed by atoms with Crippen LogP contribution in [0, 0.1) is 5.92 Å². The highest BCUT2D eigenvalue weighted by molar-refractivity contribution is 6.02. The number of anilines is 2. The van der Waals surface area contributed by atoms with Crippen molar-refractivity contribution in [3.63, 3.8) is 0 Å². The van der Waals surface area contributed by atoms with E-state index in [1.165, 1.54) is 0 Å². The van der Waals surface area contributed by atoms with Gasteiger partial charge >= 0.3 is 0 Å². The first-order chi connectivity index (χ1) is 14.6. The van der Waals surface area contributed by atoms with E-state index >= 15 is 0 Å². The molecule has 30 heavy (non-hydrogen) atoms. The van der Waals surface area contributed by atoms with Crippen molar-refractivity contribution in [1.29, 1.82) is 0 Å². The first kappa shape index (κ1) is 20.5. The molecule has 2 aromatic rings. The maximum absolute atomic E-state index is 13.2. The van der Waals surface area contributed by atoms with Gasteiger partial charge < -0.3 is 15.5 Å². The number of rotatable bonds is 6. The maximum Gasteiger partial charge on any atom is 0.253 e.